The number of fused-ring (bicyclic) bond motifs is 8. The first kappa shape index (κ1) is 60.8. The molecule has 450 valence electrons. The van der Waals surface area contributed by atoms with Crippen molar-refractivity contribution in [3.63, 3.8) is 0 Å². The summed E-state index contributed by atoms with van der Waals surface area (Å²) < 4.78 is 40.1. The number of pyridine rings is 1. The number of hydrogen-bond donors (Lipinski definition) is 1. The van der Waals surface area contributed by atoms with Gasteiger partial charge in [0.15, 0.2) is 5.69 Å². The van der Waals surface area contributed by atoms with Crippen LogP contribution in [0.25, 0.3) is 11.1 Å². The highest BCUT2D eigenvalue weighted by Crippen LogP contribution is 2.44. The first-order chi connectivity index (χ1) is 41.5. The number of piperazine rings is 1. The van der Waals surface area contributed by atoms with Crippen LogP contribution in [0.5, 0.6) is 11.5 Å². The average Bonchev–Trinajstić information content (AvgIpc) is 1.95. The van der Waals surface area contributed by atoms with Crippen LogP contribution in [0.4, 0.5) is 20.7 Å². The van der Waals surface area contributed by atoms with Crippen molar-refractivity contribution in [1.82, 2.24) is 39.3 Å². The molecule has 2 bridgehead atoms. The summed E-state index contributed by atoms with van der Waals surface area (Å²) in [6.07, 6.45) is 3.42. The molecule has 0 radical (unpaired) electrons. The summed E-state index contributed by atoms with van der Waals surface area (Å²) in [5, 5.41) is 16.2. The Hall–Kier alpha value is -8.29. The van der Waals surface area contributed by atoms with Crippen LogP contribution in [0.3, 0.4) is 0 Å². The summed E-state index contributed by atoms with van der Waals surface area (Å²) in [4.78, 5) is 76.5. The second kappa shape index (κ2) is 27.0. The molecule has 2 saturated heterocycles. The summed E-state index contributed by atoms with van der Waals surface area (Å²) in [5.41, 5.74) is 12.2. The Bertz CT molecular complexity index is 3560. The smallest absolute Gasteiger partial charge is 0.326 e. The van der Waals surface area contributed by atoms with Crippen LogP contribution in [0, 0.1) is 17.1 Å². The van der Waals surface area contributed by atoms with E-state index in [2.05, 4.69) is 21.1 Å². The van der Waals surface area contributed by atoms with Gasteiger partial charge in [-0.2, -0.15) is 10.4 Å². The molecule has 0 aliphatic carbocycles. The molecule has 10 rings (SSSR count). The lowest BCUT2D eigenvalue weighted by Gasteiger charge is -2.38. The maximum atomic E-state index is 15.2. The Labute approximate surface area is 509 Å². The Morgan fingerprint density at radius 1 is 0.895 bits per heavy atom. The number of likely N-dealkylation sites (N-methyl/N-ethyl adjacent to an activating group) is 1. The fraction of sp³-hybridized carbons (Fsp3) is 0.397. The standard InChI is InChI=1S/C63H69Cl2FN12O8/c1-39(2)86-55-34-46(83-5)17-19-48(55)61-70-50(31-40-8-12-43(64)13-9-40)59(41-10-14-44(65)15-11-41)78(61)63(82)75-24-23-74(57(80)38-75)26-28-85-30-29-84-27-20-56(79)72(3)22-25-77-54-37-73(4)62(81)47-18-16-45(66)33-49(47)52-7-6-21-76(52)53-32-42(36-69-60(53)68)58(54)51(35-67)71-77/h8-19,32-34,36,39,50,52,59H,6-7,20-31,37-38H2,1-5H3,(H2,68,69)/t50?,52-,59-/m1/s1. The highest BCUT2D eigenvalue weighted by atomic mass is 35.5. The molecule has 4 aliphatic rings. The maximum Gasteiger partial charge on any atom is 0.326 e. The zero-order valence-corrected chi connectivity index (χ0v) is 50.3. The largest absolute Gasteiger partial charge is 0.497 e. The van der Waals surface area contributed by atoms with Crippen LogP contribution in [0.1, 0.15) is 89.2 Å². The van der Waals surface area contributed by atoms with E-state index in [4.69, 9.17) is 52.9 Å². The maximum absolute atomic E-state index is 15.2. The number of aliphatic imine (C=N–C) groups is 1. The topological polar surface area (TPSA) is 218 Å². The van der Waals surface area contributed by atoms with Gasteiger partial charge < -0.3 is 49.2 Å². The third kappa shape index (κ3) is 13.4. The van der Waals surface area contributed by atoms with Crippen molar-refractivity contribution in [3.05, 3.63) is 152 Å². The molecular formula is C63H69Cl2FN12O8. The van der Waals surface area contributed by atoms with Crippen molar-refractivity contribution in [2.24, 2.45) is 4.99 Å². The zero-order valence-electron chi connectivity index (χ0n) is 48.8. The molecule has 1 unspecified atom stereocenters. The second-order valence-corrected chi connectivity index (χ2v) is 22.9. The fourth-order valence-electron chi connectivity index (χ4n) is 11.6. The summed E-state index contributed by atoms with van der Waals surface area (Å²) in [6, 6.07) is 27.0. The number of methoxy groups -OCH3 is 1. The number of ether oxygens (including phenoxy) is 4. The quantitative estimate of drug-likeness (QED) is 0.0751. The summed E-state index contributed by atoms with van der Waals surface area (Å²) in [5.74, 6) is 0.569. The highest BCUT2D eigenvalue weighted by molar-refractivity contribution is 6.30. The minimum absolute atomic E-state index is 0.0501. The number of urea groups is 1. The molecule has 2 fully saturated rings. The van der Waals surface area contributed by atoms with Gasteiger partial charge in [0, 0.05) is 85.8 Å². The summed E-state index contributed by atoms with van der Waals surface area (Å²) in [7, 11) is 4.91. The van der Waals surface area contributed by atoms with E-state index in [0.717, 1.165) is 17.5 Å². The van der Waals surface area contributed by atoms with Crippen LogP contribution < -0.4 is 20.1 Å². The van der Waals surface area contributed by atoms with Gasteiger partial charge in [0.25, 0.3) is 5.91 Å². The van der Waals surface area contributed by atoms with Crippen LogP contribution >= 0.6 is 23.2 Å². The number of nitrogens with zero attached hydrogens (tertiary/aromatic N) is 11. The van der Waals surface area contributed by atoms with E-state index in [0.29, 0.717) is 92.5 Å². The molecule has 4 aliphatic heterocycles. The predicted octanol–water partition coefficient (Wildman–Crippen LogP) is 8.83. The first-order valence-corrected chi connectivity index (χ1v) is 29.5. The van der Waals surface area contributed by atoms with Gasteiger partial charge in [-0.1, -0.05) is 47.5 Å². The van der Waals surface area contributed by atoms with Crippen molar-refractivity contribution in [2.45, 2.75) is 76.8 Å². The van der Waals surface area contributed by atoms with Crippen LogP contribution in [0.2, 0.25) is 10.0 Å². The molecule has 0 spiro atoms. The van der Waals surface area contributed by atoms with E-state index in [1.165, 1.54) is 23.1 Å². The zero-order chi connectivity index (χ0) is 60.8. The van der Waals surface area contributed by atoms with Crippen LogP contribution in [-0.2, 0) is 38.6 Å². The molecule has 0 saturated carbocycles. The van der Waals surface area contributed by atoms with E-state index in [-0.39, 0.29) is 120 Å². The van der Waals surface area contributed by atoms with E-state index >= 15 is 4.79 Å². The number of amides is 5. The van der Waals surface area contributed by atoms with Gasteiger partial charge >= 0.3 is 6.03 Å². The van der Waals surface area contributed by atoms with Gasteiger partial charge in [-0.25, -0.2) is 14.2 Å². The SMILES string of the molecule is COc1ccc(C2=NC(Cc3ccc(Cl)cc3)[C@@H](c3ccc(Cl)cc3)N2C(=O)N2CCN(CCOCCOCCC(=O)N(C)CCn3nc(C#N)c4c3CN(C)C(=O)c3ccc(F)cc3[C@H]3CCCN3c3cc-4cnc3N)C(=O)C2)c(OC(C)C)c1. The minimum atomic E-state index is -0.582. The van der Waals surface area contributed by atoms with Gasteiger partial charge in [-0.05, 0) is 110 Å². The van der Waals surface area contributed by atoms with Gasteiger partial charge in [-0.3, -0.25) is 29.0 Å². The number of hydrogen-bond acceptors (Lipinski definition) is 14. The van der Waals surface area contributed by atoms with E-state index in [1.807, 2.05) is 62.4 Å². The average molecular weight is 1210 g/mol. The number of nitrogens with two attached hydrogens (primary N) is 1. The van der Waals surface area contributed by atoms with Gasteiger partial charge in [0.2, 0.25) is 11.8 Å². The molecule has 2 aromatic heterocycles. The van der Waals surface area contributed by atoms with Crippen molar-refractivity contribution in [3.8, 4) is 28.7 Å². The molecule has 2 N–H and O–H groups in total. The minimum Gasteiger partial charge on any atom is -0.497 e. The number of aromatic nitrogens is 3. The number of carbonyl (C=O) groups is 4. The number of amidine groups is 1. The number of nitrogen functional groups attached to an aromatic ring is 1. The lowest BCUT2D eigenvalue weighted by Crippen LogP contribution is -2.57. The first-order valence-electron chi connectivity index (χ1n) is 28.8. The predicted molar refractivity (Wildman–Crippen MR) is 324 cm³/mol. The molecule has 23 heteroatoms. The van der Waals surface area contributed by atoms with Gasteiger partial charge in [0.1, 0.15) is 41.6 Å². The molecular weight excluding hydrogens is 1140 g/mol. The van der Waals surface area contributed by atoms with Crippen LogP contribution in [-0.4, -0.2) is 168 Å². The Kier molecular flexibility index (Phi) is 19.1. The number of halogens is 3. The number of nitriles is 1. The number of benzene rings is 4. The molecule has 6 heterocycles. The van der Waals surface area contributed by atoms with E-state index < -0.39 is 17.9 Å². The van der Waals surface area contributed by atoms with E-state index in [1.54, 1.807) is 75.9 Å². The summed E-state index contributed by atoms with van der Waals surface area (Å²) in [6.45, 7) is 6.40. The molecule has 5 amide bonds. The van der Waals surface area contributed by atoms with Gasteiger partial charge in [0.05, 0.1) is 94.2 Å². The Morgan fingerprint density at radius 3 is 2.35 bits per heavy atom. The van der Waals surface area contributed by atoms with Crippen molar-refractivity contribution < 1.29 is 42.5 Å². The lowest BCUT2D eigenvalue weighted by molar-refractivity contribution is -0.135. The number of rotatable bonds is 19. The van der Waals surface area contributed by atoms with Gasteiger partial charge in [-0.15, -0.1) is 0 Å². The highest BCUT2D eigenvalue weighted by Gasteiger charge is 2.45. The molecule has 3 atom stereocenters. The molecule has 4 aromatic carbocycles. The molecule has 20 nitrogen and oxygen atoms in total. The van der Waals surface area contributed by atoms with E-state index in [9.17, 15) is 24.0 Å². The second-order valence-electron chi connectivity index (χ2n) is 22.0. The number of anilines is 2. The Morgan fingerprint density at radius 2 is 1.63 bits per heavy atom. The third-order valence-corrected chi connectivity index (χ3v) is 16.5. The third-order valence-electron chi connectivity index (χ3n) is 16.0. The molecule has 6 aromatic rings. The van der Waals surface area contributed by atoms with Crippen molar-refractivity contribution in [2.75, 3.05) is 97.5 Å². The number of carbonyl (C=O) groups excluding carboxylic acids is 4. The van der Waals surface area contributed by atoms with Crippen molar-refractivity contribution >= 4 is 64.3 Å². The monoisotopic (exact) mass is 1210 g/mol. The molecule has 86 heavy (non-hydrogen) atoms. The van der Waals surface area contributed by atoms with Crippen molar-refractivity contribution in [1.29, 1.82) is 5.26 Å². The lowest BCUT2D eigenvalue weighted by atomic mass is 9.94. The summed E-state index contributed by atoms with van der Waals surface area (Å²) >= 11 is 12.7. The Balaban J connectivity index is 0.725. The fourth-order valence-corrected chi connectivity index (χ4v) is 11.9. The van der Waals surface area contributed by atoms with Crippen LogP contribution in [0.15, 0.2) is 102 Å². The normalized spacial score (nSPS) is 17.6.